The maximum absolute atomic E-state index is 14.3. The number of carbonyl (C=O) groups excluding carboxylic acids is 1. The Balaban J connectivity index is 1.68. The fourth-order valence-electron chi connectivity index (χ4n) is 3.58. The smallest absolute Gasteiger partial charge is 0.340 e. The van der Waals surface area contributed by atoms with Gasteiger partial charge in [-0.3, -0.25) is 0 Å². The van der Waals surface area contributed by atoms with E-state index < -0.39 is 11.8 Å². The minimum atomic E-state index is -0.747. The van der Waals surface area contributed by atoms with Crippen LogP contribution in [0, 0.1) is 12.7 Å². The zero-order chi connectivity index (χ0) is 23.4. The highest BCUT2D eigenvalue weighted by Crippen LogP contribution is 2.32. The van der Waals surface area contributed by atoms with Crippen LogP contribution in [0.5, 0.6) is 0 Å². The zero-order valence-corrected chi connectivity index (χ0v) is 18.6. The van der Waals surface area contributed by atoms with Gasteiger partial charge in [-0.2, -0.15) is 4.98 Å². The Hall–Kier alpha value is -3.84. The molecule has 1 heterocycles. The normalized spacial score (nSPS) is 10.9. The van der Waals surface area contributed by atoms with Gasteiger partial charge in [0.2, 0.25) is 5.82 Å². The van der Waals surface area contributed by atoms with Crippen molar-refractivity contribution in [3.8, 4) is 34.0 Å². The number of hydrogen-bond acceptors (Lipinski definition) is 6. The average molecular weight is 446 g/mol. The highest BCUT2D eigenvalue weighted by atomic mass is 19.1. The molecule has 0 aliphatic rings. The van der Waals surface area contributed by atoms with Crippen LogP contribution in [-0.4, -0.2) is 29.8 Å². The summed E-state index contributed by atoms with van der Waals surface area (Å²) in [5.74, 6) is -0.943. The van der Waals surface area contributed by atoms with Crippen molar-refractivity contribution in [1.82, 2.24) is 10.1 Å². The number of aromatic nitrogens is 2. The summed E-state index contributed by atoms with van der Waals surface area (Å²) in [6.07, 6.45) is 0. The molecule has 0 unspecified atom stereocenters. The predicted octanol–water partition coefficient (Wildman–Crippen LogP) is 5.84. The maximum atomic E-state index is 14.3. The lowest BCUT2D eigenvalue weighted by molar-refractivity contribution is 0.0595. The summed E-state index contributed by atoms with van der Waals surface area (Å²) in [6, 6.07) is 18.1. The molecule has 0 bridgehead atoms. The van der Waals surface area contributed by atoms with E-state index in [1.807, 2.05) is 37.3 Å². The lowest BCUT2D eigenvalue weighted by atomic mass is 9.94. The molecule has 3 aromatic carbocycles. The van der Waals surface area contributed by atoms with Crippen LogP contribution in [0.2, 0.25) is 0 Å². The lowest BCUT2D eigenvalue weighted by Crippen LogP contribution is -2.04. The Bertz CT molecular complexity index is 1300. The third-order valence-corrected chi connectivity index (χ3v) is 5.31. The summed E-state index contributed by atoms with van der Waals surface area (Å²) in [7, 11) is 1.20. The molecule has 0 atom stereocenters. The molecule has 0 aliphatic heterocycles. The van der Waals surface area contributed by atoms with Crippen molar-refractivity contribution in [3.63, 3.8) is 0 Å². The molecular weight excluding hydrogens is 423 g/mol. The first-order chi connectivity index (χ1) is 16.0. The number of methoxy groups -OCH3 is 1. The summed E-state index contributed by atoms with van der Waals surface area (Å²) in [6.45, 7) is 5.05. The largest absolute Gasteiger partial charge is 0.465 e. The van der Waals surface area contributed by atoms with Crippen molar-refractivity contribution in [2.45, 2.75) is 20.5 Å². The molecule has 0 saturated heterocycles. The molecule has 4 rings (SSSR count). The van der Waals surface area contributed by atoms with Crippen molar-refractivity contribution < 1.29 is 23.2 Å². The molecule has 33 heavy (non-hydrogen) atoms. The van der Waals surface area contributed by atoms with Crippen LogP contribution >= 0.6 is 0 Å². The van der Waals surface area contributed by atoms with Crippen LogP contribution < -0.4 is 0 Å². The Labute approximate surface area is 191 Å². The minimum Gasteiger partial charge on any atom is -0.465 e. The lowest BCUT2D eigenvalue weighted by Gasteiger charge is -2.13. The van der Waals surface area contributed by atoms with Crippen LogP contribution in [-0.2, 0) is 16.1 Å². The summed E-state index contributed by atoms with van der Waals surface area (Å²) < 4.78 is 30.0. The second kappa shape index (κ2) is 9.75. The van der Waals surface area contributed by atoms with Crippen LogP contribution in [0.1, 0.15) is 28.4 Å². The highest BCUT2D eigenvalue weighted by Gasteiger charge is 2.17. The van der Waals surface area contributed by atoms with Gasteiger partial charge in [0.1, 0.15) is 5.82 Å². The molecule has 4 aromatic rings. The Morgan fingerprint density at radius 1 is 1.03 bits per heavy atom. The molecule has 7 heteroatoms. The molecular formula is C26H23FN2O4. The number of halogens is 1. The first kappa shape index (κ1) is 22.4. The van der Waals surface area contributed by atoms with Gasteiger partial charge in [0.25, 0.3) is 5.89 Å². The van der Waals surface area contributed by atoms with Gasteiger partial charge in [-0.25, -0.2) is 9.18 Å². The topological polar surface area (TPSA) is 74.5 Å². The van der Waals surface area contributed by atoms with E-state index in [0.717, 1.165) is 22.3 Å². The number of rotatable bonds is 7. The number of hydrogen-bond donors (Lipinski definition) is 0. The fraction of sp³-hybridized carbons (Fsp3) is 0.192. The van der Waals surface area contributed by atoms with E-state index in [1.165, 1.54) is 24.8 Å². The van der Waals surface area contributed by atoms with Crippen molar-refractivity contribution in [1.29, 1.82) is 0 Å². The third-order valence-electron chi connectivity index (χ3n) is 5.31. The van der Waals surface area contributed by atoms with Gasteiger partial charge in [0.05, 0.1) is 19.3 Å². The van der Waals surface area contributed by atoms with Crippen molar-refractivity contribution >= 4 is 5.97 Å². The molecule has 0 fully saturated rings. The predicted molar refractivity (Wildman–Crippen MR) is 122 cm³/mol. The van der Waals surface area contributed by atoms with Crippen molar-refractivity contribution in [3.05, 3.63) is 83.2 Å². The van der Waals surface area contributed by atoms with Gasteiger partial charge >= 0.3 is 5.97 Å². The first-order valence-electron chi connectivity index (χ1n) is 10.5. The van der Waals surface area contributed by atoms with E-state index in [9.17, 15) is 9.18 Å². The summed E-state index contributed by atoms with van der Waals surface area (Å²) in [5.41, 5.74) is 5.33. The van der Waals surface area contributed by atoms with E-state index in [-0.39, 0.29) is 11.4 Å². The first-order valence-corrected chi connectivity index (χ1v) is 10.5. The Morgan fingerprint density at radius 2 is 1.82 bits per heavy atom. The van der Waals surface area contributed by atoms with E-state index in [1.54, 1.807) is 6.07 Å². The molecule has 0 aliphatic carbocycles. The number of aryl methyl sites for hydroxylation is 1. The summed E-state index contributed by atoms with van der Waals surface area (Å²) >= 11 is 0. The van der Waals surface area contributed by atoms with Gasteiger partial charge in [-0.05, 0) is 66.4 Å². The SMILES string of the molecule is CCOCc1cc(-c2nc(-c3ccc(C(=O)OC)c(F)c3)no2)ccc1-c1ccccc1C. The minimum absolute atomic E-state index is 0.155. The van der Waals surface area contributed by atoms with Gasteiger partial charge < -0.3 is 14.0 Å². The van der Waals surface area contributed by atoms with E-state index >= 15 is 0 Å². The molecule has 6 nitrogen and oxygen atoms in total. The standard InChI is InChI=1S/C26H23FN2O4/c1-4-32-15-19-13-18(10-11-21(19)20-8-6-5-7-16(20)2)25-28-24(29-33-25)17-9-12-22(23(27)14-17)26(30)31-3/h5-14H,4,15H2,1-3H3. The monoisotopic (exact) mass is 446 g/mol. The van der Waals surface area contributed by atoms with Gasteiger partial charge in [0.15, 0.2) is 0 Å². The van der Waals surface area contributed by atoms with Crippen LogP contribution in [0.15, 0.2) is 65.2 Å². The van der Waals surface area contributed by atoms with E-state index in [2.05, 4.69) is 33.9 Å². The highest BCUT2D eigenvalue weighted by molar-refractivity contribution is 5.90. The molecule has 1 aromatic heterocycles. The van der Waals surface area contributed by atoms with Crippen molar-refractivity contribution in [2.75, 3.05) is 13.7 Å². The van der Waals surface area contributed by atoms with Crippen LogP contribution in [0.4, 0.5) is 4.39 Å². The van der Waals surface area contributed by atoms with Gasteiger partial charge in [-0.1, -0.05) is 35.5 Å². The number of ether oxygens (including phenoxy) is 2. The quantitative estimate of drug-likeness (QED) is 0.332. The molecule has 0 amide bonds. The Morgan fingerprint density at radius 3 is 2.55 bits per heavy atom. The number of carbonyl (C=O) groups is 1. The van der Waals surface area contributed by atoms with Gasteiger partial charge in [0, 0.05) is 17.7 Å². The Kier molecular flexibility index (Phi) is 6.60. The third kappa shape index (κ3) is 4.68. The van der Waals surface area contributed by atoms with Crippen LogP contribution in [0.3, 0.4) is 0 Å². The molecule has 0 spiro atoms. The number of esters is 1. The number of benzene rings is 3. The molecule has 0 radical (unpaired) electrons. The molecule has 0 N–H and O–H groups in total. The number of nitrogens with zero attached hydrogens (tertiary/aromatic N) is 2. The summed E-state index contributed by atoms with van der Waals surface area (Å²) in [5, 5.41) is 3.98. The second-order valence-corrected chi connectivity index (χ2v) is 7.43. The maximum Gasteiger partial charge on any atom is 0.340 e. The second-order valence-electron chi connectivity index (χ2n) is 7.43. The summed E-state index contributed by atoms with van der Waals surface area (Å²) in [4.78, 5) is 16.0. The van der Waals surface area contributed by atoms with E-state index in [4.69, 9.17) is 9.26 Å². The fourth-order valence-corrected chi connectivity index (χ4v) is 3.58. The zero-order valence-electron chi connectivity index (χ0n) is 18.6. The average Bonchev–Trinajstić information content (AvgIpc) is 3.33. The van der Waals surface area contributed by atoms with Crippen molar-refractivity contribution in [2.24, 2.45) is 0 Å². The van der Waals surface area contributed by atoms with E-state index in [0.29, 0.717) is 24.7 Å². The van der Waals surface area contributed by atoms with Crippen LogP contribution in [0.25, 0.3) is 34.0 Å². The molecule has 0 saturated carbocycles. The van der Waals surface area contributed by atoms with Gasteiger partial charge in [-0.15, -0.1) is 0 Å². The molecule has 168 valence electrons.